The van der Waals surface area contributed by atoms with Gasteiger partial charge >= 0.3 is 0 Å². The Morgan fingerprint density at radius 3 is 2.53 bits per heavy atom. The van der Waals surface area contributed by atoms with Crippen LogP contribution in [0, 0.1) is 45.8 Å². The van der Waals surface area contributed by atoms with E-state index in [0.29, 0.717) is 28.1 Å². The molecular formula is C29H48O. The van der Waals surface area contributed by atoms with Gasteiger partial charge in [-0.15, -0.1) is 0 Å². The van der Waals surface area contributed by atoms with Gasteiger partial charge in [-0.3, -0.25) is 0 Å². The van der Waals surface area contributed by atoms with Crippen LogP contribution in [0.4, 0.5) is 0 Å². The largest absolute Gasteiger partial charge is 0.393 e. The summed E-state index contributed by atoms with van der Waals surface area (Å²) in [5.41, 5.74) is 4.53. The van der Waals surface area contributed by atoms with Gasteiger partial charge in [-0.1, -0.05) is 65.3 Å². The lowest BCUT2D eigenvalue weighted by molar-refractivity contribution is -0.0627. The SMILES string of the molecule is C=C(CCC(C)C1CCC2(C)C3=CCC4CC(O)CCC4(C)C3CCC12C)C(C)C. The zero-order chi connectivity index (χ0) is 21.9. The van der Waals surface area contributed by atoms with Gasteiger partial charge in [0.1, 0.15) is 0 Å². The Morgan fingerprint density at radius 2 is 1.83 bits per heavy atom. The van der Waals surface area contributed by atoms with E-state index in [1.807, 2.05) is 5.57 Å². The maximum Gasteiger partial charge on any atom is 0.0543 e. The molecule has 4 aliphatic carbocycles. The van der Waals surface area contributed by atoms with Crippen molar-refractivity contribution in [3.05, 3.63) is 23.8 Å². The summed E-state index contributed by atoms with van der Waals surface area (Å²) in [5, 5.41) is 10.3. The molecular weight excluding hydrogens is 364 g/mol. The number of hydrogen-bond donors (Lipinski definition) is 1. The summed E-state index contributed by atoms with van der Waals surface area (Å²) in [5.74, 6) is 3.72. The maximum absolute atomic E-state index is 10.3. The third kappa shape index (κ3) is 3.28. The first-order valence-corrected chi connectivity index (χ1v) is 13.1. The van der Waals surface area contributed by atoms with Gasteiger partial charge in [-0.05, 0) is 110 Å². The van der Waals surface area contributed by atoms with Crippen molar-refractivity contribution in [2.45, 2.75) is 112 Å². The summed E-state index contributed by atoms with van der Waals surface area (Å²) in [6, 6.07) is 0. The number of aliphatic hydroxyl groups is 1. The fourth-order valence-corrected chi connectivity index (χ4v) is 8.74. The van der Waals surface area contributed by atoms with Crippen LogP contribution in [0.2, 0.25) is 0 Å². The summed E-state index contributed by atoms with van der Waals surface area (Å²) >= 11 is 0. The molecule has 170 valence electrons. The molecule has 0 saturated heterocycles. The first-order valence-electron chi connectivity index (χ1n) is 13.1. The number of rotatable bonds is 5. The van der Waals surface area contributed by atoms with Gasteiger partial charge in [0, 0.05) is 0 Å². The highest BCUT2D eigenvalue weighted by Crippen LogP contribution is 2.72. The highest BCUT2D eigenvalue weighted by molar-refractivity contribution is 5.32. The minimum Gasteiger partial charge on any atom is -0.393 e. The maximum atomic E-state index is 10.3. The third-order valence-electron chi connectivity index (χ3n) is 11.3. The average molecular weight is 413 g/mol. The molecule has 8 atom stereocenters. The van der Waals surface area contributed by atoms with Gasteiger partial charge in [-0.25, -0.2) is 0 Å². The van der Waals surface area contributed by atoms with Crippen LogP contribution in [0.25, 0.3) is 0 Å². The van der Waals surface area contributed by atoms with Crippen LogP contribution in [-0.2, 0) is 0 Å². The average Bonchev–Trinajstić information content (AvgIpc) is 2.97. The van der Waals surface area contributed by atoms with E-state index in [1.54, 1.807) is 0 Å². The molecule has 0 radical (unpaired) electrons. The van der Waals surface area contributed by atoms with Gasteiger partial charge in [0.15, 0.2) is 0 Å². The van der Waals surface area contributed by atoms with Crippen molar-refractivity contribution < 1.29 is 5.11 Å². The van der Waals surface area contributed by atoms with Crippen molar-refractivity contribution in [3.63, 3.8) is 0 Å². The first kappa shape index (κ1) is 22.6. The monoisotopic (exact) mass is 412 g/mol. The van der Waals surface area contributed by atoms with Gasteiger partial charge in [0.25, 0.3) is 0 Å². The number of hydrogen-bond acceptors (Lipinski definition) is 1. The van der Waals surface area contributed by atoms with E-state index in [4.69, 9.17) is 0 Å². The molecule has 3 fully saturated rings. The summed E-state index contributed by atoms with van der Waals surface area (Å²) < 4.78 is 0. The minimum absolute atomic E-state index is 0.0558. The second kappa shape index (κ2) is 7.79. The molecule has 0 amide bonds. The van der Waals surface area contributed by atoms with Gasteiger partial charge in [0.05, 0.1) is 6.10 Å². The first-order chi connectivity index (χ1) is 14.0. The van der Waals surface area contributed by atoms with Crippen LogP contribution in [-0.4, -0.2) is 11.2 Å². The van der Waals surface area contributed by atoms with Crippen LogP contribution < -0.4 is 0 Å². The summed E-state index contributed by atoms with van der Waals surface area (Å²) in [4.78, 5) is 0. The molecule has 0 bridgehead atoms. The second-order valence-corrected chi connectivity index (χ2v) is 12.8. The van der Waals surface area contributed by atoms with Crippen molar-refractivity contribution in [1.29, 1.82) is 0 Å². The molecule has 1 N–H and O–H groups in total. The molecule has 3 saturated carbocycles. The molecule has 1 heteroatoms. The van der Waals surface area contributed by atoms with Gasteiger partial charge in [0.2, 0.25) is 0 Å². The molecule has 0 heterocycles. The Balaban J connectivity index is 1.56. The van der Waals surface area contributed by atoms with E-state index in [0.717, 1.165) is 30.6 Å². The lowest BCUT2D eigenvalue weighted by atomic mass is 9.43. The van der Waals surface area contributed by atoms with Crippen LogP contribution in [0.5, 0.6) is 0 Å². The number of allylic oxidation sites excluding steroid dienone is 3. The standard InChI is InChI=1S/C29H48O/c1-19(2)20(3)8-9-21(4)24-13-16-29(7)26-11-10-22-18-23(30)12-15-27(22,5)25(26)14-17-28(24,29)6/h11,19,21-25,30H,3,8-10,12-18H2,1-2,4-7H3. The lowest BCUT2D eigenvalue weighted by Gasteiger charge is -2.61. The zero-order valence-corrected chi connectivity index (χ0v) is 20.8. The molecule has 0 aliphatic heterocycles. The predicted octanol–water partition coefficient (Wildman–Crippen LogP) is 7.94. The predicted molar refractivity (Wildman–Crippen MR) is 128 cm³/mol. The number of fused-ring (bicyclic) bond motifs is 5. The van der Waals surface area contributed by atoms with Crippen molar-refractivity contribution in [2.24, 2.45) is 45.8 Å². The smallest absolute Gasteiger partial charge is 0.0543 e. The molecule has 8 unspecified atom stereocenters. The fraction of sp³-hybridized carbons (Fsp3) is 0.862. The van der Waals surface area contributed by atoms with E-state index >= 15 is 0 Å². The van der Waals surface area contributed by atoms with Crippen molar-refractivity contribution in [2.75, 3.05) is 0 Å². The normalized spacial score (nSPS) is 46.6. The minimum atomic E-state index is -0.0558. The van der Waals surface area contributed by atoms with E-state index in [-0.39, 0.29) is 6.10 Å². The Labute approximate surface area is 186 Å². The Bertz CT molecular complexity index is 703. The summed E-state index contributed by atoms with van der Waals surface area (Å²) in [6.45, 7) is 19.3. The molecule has 0 aromatic rings. The van der Waals surface area contributed by atoms with Crippen LogP contribution in [0.3, 0.4) is 0 Å². The highest BCUT2D eigenvalue weighted by atomic mass is 16.3. The lowest BCUT2D eigenvalue weighted by Crippen LogP contribution is -2.53. The van der Waals surface area contributed by atoms with E-state index in [2.05, 4.69) is 54.2 Å². The van der Waals surface area contributed by atoms with E-state index < -0.39 is 0 Å². The molecule has 30 heavy (non-hydrogen) atoms. The molecule has 0 spiro atoms. The molecule has 4 rings (SSSR count). The zero-order valence-electron chi connectivity index (χ0n) is 20.8. The van der Waals surface area contributed by atoms with Crippen LogP contribution in [0.1, 0.15) is 106 Å². The molecule has 0 aromatic heterocycles. The molecule has 1 nitrogen and oxygen atoms in total. The van der Waals surface area contributed by atoms with Crippen LogP contribution >= 0.6 is 0 Å². The van der Waals surface area contributed by atoms with Crippen molar-refractivity contribution in [1.82, 2.24) is 0 Å². The van der Waals surface area contributed by atoms with Crippen LogP contribution in [0.15, 0.2) is 23.8 Å². The third-order valence-corrected chi connectivity index (χ3v) is 11.3. The quantitative estimate of drug-likeness (QED) is 0.454. The Kier molecular flexibility index (Phi) is 5.87. The molecule has 4 aliphatic rings. The van der Waals surface area contributed by atoms with E-state index in [9.17, 15) is 5.11 Å². The highest BCUT2D eigenvalue weighted by Gasteiger charge is 2.63. The van der Waals surface area contributed by atoms with Gasteiger partial charge in [-0.2, -0.15) is 0 Å². The summed E-state index contributed by atoms with van der Waals surface area (Å²) in [6.07, 6.45) is 15.2. The van der Waals surface area contributed by atoms with Crippen molar-refractivity contribution in [3.8, 4) is 0 Å². The topological polar surface area (TPSA) is 20.2 Å². The van der Waals surface area contributed by atoms with Gasteiger partial charge < -0.3 is 5.11 Å². The number of aliphatic hydroxyl groups excluding tert-OH is 1. The summed E-state index contributed by atoms with van der Waals surface area (Å²) in [7, 11) is 0. The molecule has 0 aromatic carbocycles. The Hall–Kier alpha value is -0.560. The van der Waals surface area contributed by atoms with E-state index in [1.165, 1.54) is 56.9 Å². The van der Waals surface area contributed by atoms with Crippen molar-refractivity contribution >= 4 is 0 Å². The second-order valence-electron chi connectivity index (χ2n) is 12.8. The fourth-order valence-electron chi connectivity index (χ4n) is 8.74. The Morgan fingerprint density at radius 1 is 1.10 bits per heavy atom.